The molecule has 1 aromatic carbocycles. The number of fused-ring (bicyclic) bond motifs is 2. The lowest BCUT2D eigenvalue weighted by atomic mass is 10.2. The summed E-state index contributed by atoms with van der Waals surface area (Å²) in [7, 11) is 1.57. The lowest BCUT2D eigenvalue weighted by molar-refractivity contribution is 0.0687. The molecule has 28 heavy (non-hydrogen) atoms. The van der Waals surface area contributed by atoms with E-state index >= 15 is 0 Å². The van der Waals surface area contributed by atoms with E-state index in [0.29, 0.717) is 16.7 Å². The van der Waals surface area contributed by atoms with Crippen LogP contribution in [0.2, 0.25) is 0 Å². The van der Waals surface area contributed by atoms with Crippen molar-refractivity contribution in [2.75, 3.05) is 0 Å². The van der Waals surface area contributed by atoms with Gasteiger partial charge in [0, 0.05) is 25.7 Å². The van der Waals surface area contributed by atoms with E-state index in [1.54, 1.807) is 25.2 Å². The fourth-order valence-corrected chi connectivity index (χ4v) is 2.83. The van der Waals surface area contributed by atoms with E-state index < -0.39 is 23.2 Å². The zero-order chi connectivity index (χ0) is 20.0. The molecule has 0 aliphatic carbocycles. The molecular formula is C17H13N5O6. The number of nitrogens with one attached hydrogen (secondary N) is 2. The fourth-order valence-electron chi connectivity index (χ4n) is 2.83. The van der Waals surface area contributed by atoms with Gasteiger partial charge in [0.15, 0.2) is 16.9 Å². The summed E-state index contributed by atoms with van der Waals surface area (Å²) in [4.78, 5) is 50.8. The number of aryl methyl sites for hydroxylation is 1. The summed E-state index contributed by atoms with van der Waals surface area (Å²) in [6.45, 7) is 0.114. The molecule has 3 aromatic heterocycles. The Morgan fingerprint density at radius 2 is 2.04 bits per heavy atom. The third-order valence-electron chi connectivity index (χ3n) is 4.22. The van der Waals surface area contributed by atoms with Gasteiger partial charge in [-0.3, -0.25) is 19.3 Å². The summed E-state index contributed by atoms with van der Waals surface area (Å²) in [6, 6.07) is 7.18. The first-order valence-electron chi connectivity index (χ1n) is 8.06. The lowest BCUT2D eigenvalue weighted by Gasteiger charge is -2.07. The molecule has 0 atom stereocenters. The van der Waals surface area contributed by atoms with E-state index in [1.807, 2.05) is 0 Å². The largest absolute Gasteiger partial charge is 0.477 e. The van der Waals surface area contributed by atoms with Crippen LogP contribution < -0.4 is 16.6 Å². The Kier molecular flexibility index (Phi) is 3.84. The van der Waals surface area contributed by atoms with Gasteiger partial charge < -0.3 is 14.8 Å². The number of carbonyl (C=O) groups is 2. The molecular weight excluding hydrogens is 370 g/mol. The second kappa shape index (κ2) is 6.23. The molecule has 0 saturated heterocycles. The number of aromatic carboxylic acids is 1. The Balaban J connectivity index is 1.62. The van der Waals surface area contributed by atoms with Gasteiger partial charge in [-0.1, -0.05) is 6.07 Å². The lowest BCUT2D eigenvalue weighted by Crippen LogP contribution is -2.25. The Morgan fingerprint density at radius 1 is 1.25 bits per heavy atom. The number of oxazole rings is 1. The topological polar surface area (TPSA) is 152 Å². The molecule has 1 amide bonds. The summed E-state index contributed by atoms with van der Waals surface area (Å²) in [5.41, 5.74) is 0.751. The second-order valence-electron chi connectivity index (χ2n) is 6.06. The molecule has 142 valence electrons. The van der Waals surface area contributed by atoms with Crippen LogP contribution in [0.1, 0.15) is 26.5 Å². The van der Waals surface area contributed by atoms with Crippen molar-refractivity contribution in [1.29, 1.82) is 0 Å². The van der Waals surface area contributed by atoms with E-state index in [9.17, 15) is 24.3 Å². The summed E-state index contributed by atoms with van der Waals surface area (Å²) in [6.07, 6.45) is 0. The van der Waals surface area contributed by atoms with E-state index in [0.717, 1.165) is 16.6 Å². The van der Waals surface area contributed by atoms with Crippen LogP contribution in [0.3, 0.4) is 0 Å². The molecule has 3 heterocycles. The molecule has 4 aromatic rings. The maximum atomic E-state index is 12.4. The minimum Gasteiger partial charge on any atom is -0.477 e. The van der Waals surface area contributed by atoms with E-state index in [4.69, 9.17) is 4.42 Å². The highest BCUT2D eigenvalue weighted by molar-refractivity contribution is 5.96. The van der Waals surface area contributed by atoms with Crippen LogP contribution in [0, 0.1) is 0 Å². The van der Waals surface area contributed by atoms with Gasteiger partial charge in [0.2, 0.25) is 0 Å². The van der Waals surface area contributed by atoms with Gasteiger partial charge in [0.25, 0.3) is 11.5 Å². The Morgan fingerprint density at radius 3 is 2.79 bits per heavy atom. The zero-order valence-corrected chi connectivity index (χ0v) is 14.4. The molecule has 3 N–H and O–H groups in total. The second-order valence-corrected chi connectivity index (χ2v) is 6.06. The number of amides is 1. The number of aromatic amines is 1. The highest BCUT2D eigenvalue weighted by atomic mass is 16.4. The number of carboxylic acids is 1. The van der Waals surface area contributed by atoms with E-state index in [-0.39, 0.29) is 23.6 Å². The normalized spacial score (nSPS) is 11.2. The number of nitrogens with zero attached hydrogens (tertiary/aromatic N) is 3. The third kappa shape index (κ3) is 2.84. The van der Waals surface area contributed by atoms with Crippen LogP contribution in [-0.4, -0.2) is 36.1 Å². The quantitative estimate of drug-likeness (QED) is 0.452. The van der Waals surface area contributed by atoms with Crippen LogP contribution in [0.5, 0.6) is 0 Å². The minimum atomic E-state index is -1.32. The predicted molar refractivity (Wildman–Crippen MR) is 95.4 cm³/mol. The van der Waals surface area contributed by atoms with Gasteiger partial charge >= 0.3 is 11.7 Å². The van der Waals surface area contributed by atoms with Crippen LogP contribution in [0.25, 0.3) is 16.7 Å². The van der Waals surface area contributed by atoms with Gasteiger partial charge in [-0.25, -0.2) is 19.1 Å². The Hall–Kier alpha value is -4.15. The number of hydrogen-bond donors (Lipinski definition) is 3. The number of carboxylic acid groups (broad SMARTS) is 1. The summed E-state index contributed by atoms with van der Waals surface area (Å²) >= 11 is 0. The third-order valence-corrected chi connectivity index (χ3v) is 4.22. The van der Waals surface area contributed by atoms with Crippen molar-refractivity contribution >= 4 is 28.6 Å². The Bertz CT molecular complexity index is 1370. The van der Waals surface area contributed by atoms with Crippen LogP contribution in [0.4, 0.5) is 0 Å². The summed E-state index contributed by atoms with van der Waals surface area (Å²) < 4.78 is 7.39. The van der Waals surface area contributed by atoms with Crippen molar-refractivity contribution in [3.8, 4) is 0 Å². The van der Waals surface area contributed by atoms with Crippen molar-refractivity contribution in [3.63, 3.8) is 0 Å². The smallest absolute Gasteiger partial charge is 0.419 e. The molecule has 11 heteroatoms. The number of benzene rings is 1. The molecule has 0 saturated carbocycles. The SMILES string of the molecule is Cn1c(=O)oc2ccc(CNC(=O)c3cc(C(=O)O)n4[nH]c(=O)cc4n3)cc21. The maximum absolute atomic E-state index is 12.4. The molecule has 0 radical (unpaired) electrons. The molecule has 0 bridgehead atoms. The number of hydrogen-bond acceptors (Lipinski definition) is 6. The first kappa shape index (κ1) is 17.3. The van der Waals surface area contributed by atoms with Crippen molar-refractivity contribution < 1.29 is 19.1 Å². The highest BCUT2D eigenvalue weighted by Crippen LogP contribution is 2.14. The molecule has 0 unspecified atom stereocenters. The van der Waals surface area contributed by atoms with Gasteiger partial charge in [0.05, 0.1) is 5.52 Å². The number of aromatic nitrogens is 4. The summed E-state index contributed by atoms with van der Waals surface area (Å²) in [5, 5.41) is 14.2. The van der Waals surface area contributed by atoms with Gasteiger partial charge in [-0.05, 0) is 17.7 Å². The molecule has 4 rings (SSSR count). The standard InChI is InChI=1S/C17H13N5O6/c1-21-10-4-8(2-3-12(10)28-17(21)27)7-18-15(24)9-5-11(16(25)26)22-13(19-9)6-14(23)20-22/h2-6H,7H2,1H3,(H,18,24)(H,20,23)(H,25,26). The molecule has 0 aliphatic rings. The minimum absolute atomic E-state index is 0.0184. The van der Waals surface area contributed by atoms with Crippen molar-refractivity contribution in [2.24, 2.45) is 7.05 Å². The number of carbonyl (C=O) groups excluding carboxylic acids is 1. The van der Waals surface area contributed by atoms with Crippen LogP contribution in [-0.2, 0) is 13.6 Å². The van der Waals surface area contributed by atoms with Crippen molar-refractivity contribution in [1.82, 2.24) is 24.5 Å². The van der Waals surface area contributed by atoms with Crippen molar-refractivity contribution in [3.05, 3.63) is 68.2 Å². The molecule has 0 fully saturated rings. The molecule has 0 spiro atoms. The van der Waals surface area contributed by atoms with Crippen LogP contribution in [0.15, 0.2) is 44.3 Å². The predicted octanol–water partition coefficient (Wildman–Crippen LogP) is 0.0957. The van der Waals surface area contributed by atoms with Gasteiger partial charge in [-0.2, -0.15) is 0 Å². The first-order valence-corrected chi connectivity index (χ1v) is 8.06. The average Bonchev–Trinajstić information content (AvgIpc) is 3.17. The molecule has 0 aliphatic heterocycles. The van der Waals surface area contributed by atoms with E-state index in [2.05, 4.69) is 15.4 Å². The fraction of sp³-hybridized carbons (Fsp3) is 0.118. The molecule has 11 nitrogen and oxygen atoms in total. The zero-order valence-electron chi connectivity index (χ0n) is 14.4. The van der Waals surface area contributed by atoms with Crippen molar-refractivity contribution in [2.45, 2.75) is 6.54 Å². The monoisotopic (exact) mass is 383 g/mol. The number of rotatable bonds is 4. The van der Waals surface area contributed by atoms with Crippen LogP contribution >= 0.6 is 0 Å². The summed E-state index contributed by atoms with van der Waals surface area (Å²) in [5.74, 6) is -2.42. The van der Waals surface area contributed by atoms with E-state index in [1.165, 1.54) is 4.57 Å². The Labute approximate surface area is 154 Å². The first-order chi connectivity index (χ1) is 13.3. The average molecular weight is 383 g/mol. The van der Waals surface area contributed by atoms with Gasteiger partial charge in [0.1, 0.15) is 5.69 Å². The van der Waals surface area contributed by atoms with Gasteiger partial charge in [-0.15, -0.1) is 0 Å². The number of H-pyrrole nitrogens is 1. The highest BCUT2D eigenvalue weighted by Gasteiger charge is 2.17. The maximum Gasteiger partial charge on any atom is 0.419 e.